The van der Waals surface area contributed by atoms with Crippen molar-refractivity contribution >= 4 is 21.7 Å². The second-order valence-electron chi connectivity index (χ2n) is 2.60. The predicted octanol–water partition coefficient (Wildman–Crippen LogP) is -0.417. The third-order valence-electron chi connectivity index (χ3n) is 1.75. The smallest absolute Gasteiger partial charge is 0.302 e. The van der Waals surface area contributed by atoms with Crippen LogP contribution < -0.4 is 5.73 Å². The molecule has 0 saturated heterocycles. The first-order valence-corrected chi connectivity index (χ1v) is 5.11. The van der Waals surface area contributed by atoms with Crippen LogP contribution >= 0.6 is 11.6 Å². The van der Waals surface area contributed by atoms with Crippen molar-refractivity contribution in [3.05, 3.63) is 23.3 Å². The van der Waals surface area contributed by atoms with Gasteiger partial charge in [0.1, 0.15) is 0 Å². The van der Waals surface area contributed by atoms with E-state index in [0.29, 0.717) is 0 Å². The zero-order valence-electron chi connectivity index (χ0n) is 6.38. The maximum atomic E-state index is 10.8. The fourth-order valence-electron chi connectivity index (χ4n) is 0.964. The van der Waals surface area contributed by atoms with E-state index in [1.165, 1.54) is 12.2 Å². The minimum absolute atomic E-state index is 0.426. The van der Waals surface area contributed by atoms with Crippen molar-refractivity contribution in [1.82, 2.24) is 0 Å². The average molecular weight is 226 g/mol. The Kier molecular flexibility index (Phi) is 2.52. The van der Waals surface area contributed by atoms with E-state index in [1.54, 1.807) is 0 Å². The number of halogens is 1. The Hall–Kier alpha value is -0.400. The molecular formula is C6H8ClNO4S. The standard InChI is InChI=1S/C6H8ClNO4S/c7-4-2-1-3-5(8)6(4,9)13(10,11)12/h1-3,5,9H,8H2,(H,10,11,12). The monoisotopic (exact) mass is 225 g/mol. The summed E-state index contributed by atoms with van der Waals surface area (Å²) in [6, 6.07) is -1.28. The molecule has 0 amide bonds. The molecule has 1 aliphatic rings. The van der Waals surface area contributed by atoms with Crippen LogP contribution in [0.1, 0.15) is 0 Å². The van der Waals surface area contributed by atoms with Crippen molar-refractivity contribution in [2.45, 2.75) is 11.0 Å². The molecule has 0 spiro atoms. The minimum Gasteiger partial charge on any atom is -0.367 e. The van der Waals surface area contributed by atoms with Crippen molar-refractivity contribution in [2.24, 2.45) is 5.73 Å². The normalized spacial score (nSPS) is 34.5. The zero-order valence-corrected chi connectivity index (χ0v) is 7.96. The van der Waals surface area contributed by atoms with E-state index in [9.17, 15) is 13.5 Å². The van der Waals surface area contributed by atoms with Crippen LogP contribution in [0.4, 0.5) is 0 Å². The van der Waals surface area contributed by atoms with Crippen LogP contribution in [0.25, 0.3) is 0 Å². The first kappa shape index (κ1) is 10.7. The summed E-state index contributed by atoms with van der Waals surface area (Å²) in [5, 5.41) is 9.10. The lowest BCUT2D eigenvalue weighted by molar-refractivity contribution is 0.141. The Labute approximate surface area is 80.2 Å². The second kappa shape index (κ2) is 3.07. The molecule has 0 radical (unpaired) electrons. The summed E-state index contributed by atoms with van der Waals surface area (Å²) in [7, 11) is -4.74. The Morgan fingerprint density at radius 3 is 2.46 bits per heavy atom. The molecule has 5 nitrogen and oxygen atoms in total. The largest absolute Gasteiger partial charge is 0.367 e. The van der Waals surface area contributed by atoms with Gasteiger partial charge in [0.05, 0.1) is 11.1 Å². The molecule has 1 aliphatic carbocycles. The highest BCUT2D eigenvalue weighted by Crippen LogP contribution is 2.32. The molecule has 7 heteroatoms. The summed E-state index contributed by atoms with van der Waals surface area (Å²) in [5.74, 6) is 0. The van der Waals surface area contributed by atoms with E-state index in [1.807, 2.05) is 0 Å². The maximum absolute atomic E-state index is 10.8. The van der Waals surface area contributed by atoms with Crippen molar-refractivity contribution in [2.75, 3.05) is 0 Å². The Balaban J connectivity index is 3.31. The summed E-state index contributed by atoms with van der Waals surface area (Å²) < 4.78 is 30.3. The topological polar surface area (TPSA) is 101 Å². The fraction of sp³-hybridized carbons (Fsp3) is 0.333. The van der Waals surface area contributed by atoms with Gasteiger partial charge in [0.15, 0.2) is 0 Å². The number of rotatable bonds is 1. The summed E-state index contributed by atoms with van der Waals surface area (Å²) >= 11 is 5.44. The van der Waals surface area contributed by atoms with Crippen LogP contribution in [0.15, 0.2) is 23.3 Å². The predicted molar refractivity (Wildman–Crippen MR) is 47.5 cm³/mol. The lowest BCUT2D eigenvalue weighted by atomic mass is 10.1. The first-order chi connectivity index (χ1) is 5.80. The van der Waals surface area contributed by atoms with Gasteiger partial charge < -0.3 is 10.8 Å². The molecule has 2 atom stereocenters. The molecule has 2 unspecified atom stereocenters. The zero-order chi connectivity index (χ0) is 10.3. The van der Waals surface area contributed by atoms with Crippen LogP contribution in [-0.4, -0.2) is 29.1 Å². The second-order valence-corrected chi connectivity index (χ2v) is 4.58. The molecule has 1 rings (SSSR count). The van der Waals surface area contributed by atoms with Gasteiger partial charge in [-0.15, -0.1) is 0 Å². The van der Waals surface area contributed by atoms with Gasteiger partial charge in [-0.3, -0.25) is 4.55 Å². The quantitative estimate of drug-likeness (QED) is 0.527. The molecular weight excluding hydrogens is 218 g/mol. The highest BCUT2D eigenvalue weighted by molar-refractivity contribution is 7.87. The fourth-order valence-corrected chi connectivity index (χ4v) is 2.19. The summed E-state index contributed by atoms with van der Waals surface area (Å²) in [6.07, 6.45) is 3.77. The number of hydrogen-bond donors (Lipinski definition) is 3. The Morgan fingerprint density at radius 2 is 2.15 bits per heavy atom. The van der Waals surface area contributed by atoms with Crippen molar-refractivity contribution in [3.63, 3.8) is 0 Å². The number of hydrogen-bond acceptors (Lipinski definition) is 4. The maximum Gasteiger partial charge on any atom is 0.302 e. The molecule has 0 fully saturated rings. The molecule has 0 saturated carbocycles. The Bertz CT molecular complexity index is 374. The van der Waals surface area contributed by atoms with Crippen LogP contribution in [0, 0.1) is 0 Å². The van der Waals surface area contributed by atoms with E-state index in [4.69, 9.17) is 21.9 Å². The molecule has 0 aliphatic heterocycles. The van der Waals surface area contributed by atoms with E-state index >= 15 is 0 Å². The SMILES string of the molecule is NC1C=CC=C(Cl)C1(O)S(=O)(=O)O. The number of allylic oxidation sites excluding steroid dienone is 2. The van der Waals surface area contributed by atoms with E-state index < -0.39 is 26.1 Å². The van der Waals surface area contributed by atoms with Crippen molar-refractivity contribution in [1.29, 1.82) is 0 Å². The molecule has 0 aromatic heterocycles. The molecule has 0 aromatic rings. The summed E-state index contributed by atoms with van der Waals surface area (Å²) in [6.45, 7) is 0. The van der Waals surface area contributed by atoms with Gasteiger partial charge in [0.2, 0.25) is 4.93 Å². The van der Waals surface area contributed by atoms with Gasteiger partial charge in [-0.2, -0.15) is 8.42 Å². The average Bonchev–Trinajstić information content (AvgIpc) is 1.97. The van der Waals surface area contributed by atoms with E-state index in [-0.39, 0.29) is 0 Å². The number of aliphatic hydroxyl groups is 1. The van der Waals surface area contributed by atoms with Gasteiger partial charge in [-0.25, -0.2) is 0 Å². The first-order valence-electron chi connectivity index (χ1n) is 3.29. The van der Waals surface area contributed by atoms with Gasteiger partial charge in [-0.05, 0) is 6.08 Å². The minimum atomic E-state index is -4.74. The molecule has 0 heterocycles. The van der Waals surface area contributed by atoms with E-state index in [2.05, 4.69) is 0 Å². The van der Waals surface area contributed by atoms with Gasteiger partial charge in [0, 0.05) is 0 Å². The van der Waals surface area contributed by atoms with Crippen LogP contribution in [0.3, 0.4) is 0 Å². The molecule has 4 N–H and O–H groups in total. The van der Waals surface area contributed by atoms with Crippen molar-refractivity contribution in [3.8, 4) is 0 Å². The molecule has 0 aromatic carbocycles. The molecule has 74 valence electrons. The number of nitrogens with two attached hydrogens (primary N) is 1. The van der Waals surface area contributed by atoms with E-state index in [0.717, 1.165) is 6.08 Å². The van der Waals surface area contributed by atoms with Crippen LogP contribution in [0.2, 0.25) is 0 Å². The lowest BCUT2D eigenvalue weighted by Gasteiger charge is -2.30. The Morgan fingerprint density at radius 1 is 1.62 bits per heavy atom. The van der Waals surface area contributed by atoms with Gasteiger partial charge in [0.25, 0.3) is 0 Å². The van der Waals surface area contributed by atoms with Gasteiger partial charge >= 0.3 is 10.1 Å². The lowest BCUT2D eigenvalue weighted by Crippen LogP contribution is -2.53. The highest BCUT2D eigenvalue weighted by atomic mass is 35.5. The summed E-state index contributed by atoms with van der Waals surface area (Å²) in [5.41, 5.74) is 5.29. The molecule has 0 bridgehead atoms. The van der Waals surface area contributed by atoms with Crippen molar-refractivity contribution < 1.29 is 18.1 Å². The van der Waals surface area contributed by atoms with Gasteiger partial charge in [-0.1, -0.05) is 23.8 Å². The van der Waals surface area contributed by atoms with Crippen LogP contribution in [-0.2, 0) is 10.1 Å². The third kappa shape index (κ3) is 1.51. The third-order valence-corrected chi connectivity index (χ3v) is 3.55. The summed E-state index contributed by atoms with van der Waals surface area (Å²) in [4.78, 5) is -2.62. The molecule has 13 heavy (non-hydrogen) atoms. The highest BCUT2D eigenvalue weighted by Gasteiger charge is 2.49. The van der Waals surface area contributed by atoms with Crippen LogP contribution in [0.5, 0.6) is 0 Å².